The first kappa shape index (κ1) is 12.1. The minimum absolute atomic E-state index is 0.141. The van der Waals surface area contributed by atoms with E-state index in [1.165, 1.54) is 6.07 Å². The van der Waals surface area contributed by atoms with Gasteiger partial charge in [0.2, 0.25) is 0 Å². The fourth-order valence-corrected chi connectivity index (χ4v) is 2.17. The van der Waals surface area contributed by atoms with E-state index in [4.69, 9.17) is 4.42 Å². The topological polar surface area (TPSA) is 79.8 Å². The number of aliphatic hydroxyl groups is 1. The maximum absolute atomic E-state index is 10.4. The van der Waals surface area contributed by atoms with Crippen molar-refractivity contribution in [1.29, 1.82) is 0 Å². The molecular formula is C11H16N2O4. The average Bonchev–Trinajstić information content (AvgIpc) is 2.63. The quantitative estimate of drug-likeness (QED) is 0.621. The molecule has 0 unspecified atom stereocenters. The Balaban J connectivity index is 1.81. The third-order valence-corrected chi connectivity index (χ3v) is 3.03. The first-order valence-corrected chi connectivity index (χ1v) is 5.64. The summed E-state index contributed by atoms with van der Waals surface area (Å²) >= 11 is 0. The average molecular weight is 240 g/mol. The molecule has 0 aliphatic heterocycles. The molecule has 0 spiro atoms. The van der Waals surface area contributed by atoms with E-state index in [1.54, 1.807) is 6.07 Å². The van der Waals surface area contributed by atoms with Crippen molar-refractivity contribution >= 4 is 5.88 Å². The van der Waals surface area contributed by atoms with Crippen LogP contribution in [0.5, 0.6) is 0 Å². The van der Waals surface area contributed by atoms with Crippen LogP contribution in [0.15, 0.2) is 16.5 Å². The molecule has 1 N–H and O–H groups in total. The van der Waals surface area contributed by atoms with Crippen molar-refractivity contribution in [1.82, 2.24) is 4.90 Å². The molecular weight excluding hydrogens is 224 g/mol. The predicted molar refractivity (Wildman–Crippen MR) is 60.4 cm³/mol. The van der Waals surface area contributed by atoms with Crippen LogP contribution in [-0.4, -0.2) is 34.6 Å². The zero-order valence-electron chi connectivity index (χ0n) is 9.70. The monoisotopic (exact) mass is 240 g/mol. The van der Waals surface area contributed by atoms with Crippen LogP contribution in [0.2, 0.25) is 0 Å². The second-order valence-electron chi connectivity index (χ2n) is 4.69. The summed E-state index contributed by atoms with van der Waals surface area (Å²) in [5, 5.41) is 19.6. The summed E-state index contributed by atoms with van der Waals surface area (Å²) in [6, 6.07) is 3.00. The van der Waals surface area contributed by atoms with Gasteiger partial charge in [-0.1, -0.05) is 0 Å². The molecule has 1 aromatic heterocycles. The van der Waals surface area contributed by atoms with Crippen molar-refractivity contribution in [3.05, 3.63) is 28.0 Å². The van der Waals surface area contributed by atoms with Crippen LogP contribution in [-0.2, 0) is 6.54 Å². The number of hydrogen-bond acceptors (Lipinski definition) is 5. The van der Waals surface area contributed by atoms with E-state index in [1.807, 2.05) is 7.05 Å². The lowest BCUT2D eigenvalue weighted by molar-refractivity contribution is -0.402. The van der Waals surface area contributed by atoms with Gasteiger partial charge in [-0.2, -0.15) is 0 Å². The summed E-state index contributed by atoms with van der Waals surface area (Å²) in [6.07, 6.45) is 1.56. The van der Waals surface area contributed by atoms with Gasteiger partial charge >= 0.3 is 5.88 Å². The number of furan rings is 1. The van der Waals surface area contributed by atoms with Crippen molar-refractivity contribution in [2.45, 2.75) is 25.5 Å². The molecule has 1 aromatic rings. The smallest absolute Gasteiger partial charge is 0.404 e. The molecule has 1 heterocycles. The van der Waals surface area contributed by atoms with Gasteiger partial charge in [0.25, 0.3) is 0 Å². The van der Waals surface area contributed by atoms with Gasteiger partial charge in [0, 0.05) is 6.54 Å². The van der Waals surface area contributed by atoms with Crippen molar-refractivity contribution < 1.29 is 14.4 Å². The minimum Gasteiger partial charge on any atom is -0.404 e. The highest BCUT2D eigenvalue weighted by Gasteiger charge is 2.28. The molecule has 0 amide bonds. The Bertz CT molecular complexity index is 398. The highest BCUT2D eigenvalue weighted by atomic mass is 16.6. The van der Waals surface area contributed by atoms with E-state index in [-0.39, 0.29) is 12.0 Å². The van der Waals surface area contributed by atoms with Gasteiger partial charge in [-0.05, 0) is 31.9 Å². The van der Waals surface area contributed by atoms with E-state index in [0.29, 0.717) is 18.2 Å². The number of aliphatic hydroxyl groups excluding tert-OH is 1. The van der Waals surface area contributed by atoms with E-state index in [2.05, 4.69) is 4.90 Å². The molecule has 0 saturated heterocycles. The molecule has 6 heteroatoms. The summed E-state index contributed by atoms with van der Waals surface area (Å²) in [6.45, 7) is 1.44. The first-order chi connectivity index (χ1) is 8.04. The van der Waals surface area contributed by atoms with E-state index < -0.39 is 4.92 Å². The molecule has 1 aliphatic carbocycles. The fraction of sp³-hybridized carbons (Fsp3) is 0.636. The van der Waals surface area contributed by atoms with E-state index >= 15 is 0 Å². The van der Waals surface area contributed by atoms with E-state index in [9.17, 15) is 15.2 Å². The van der Waals surface area contributed by atoms with Crippen LogP contribution in [0.1, 0.15) is 18.6 Å². The lowest BCUT2D eigenvalue weighted by atomic mass is 9.82. The number of nitrogens with zero attached hydrogens (tertiary/aromatic N) is 2. The molecule has 0 atom stereocenters. The molecule has 0 radical (unpaired) electrons. The van der Waals surface area contributed by atoms with Gasteiger partial charge in [0.1, 0.15) is 10.7 Å². The highest BCUT2D eigenvalue weighted by molar-refractivity contribution is 5.17. The lowest BCUT2D eigenvalue weighted by Crippen LogP contribution is -2.36. The molecule has 0 aromatic carbocycles. The summed E-state index contributed by atoms with van der Waals surface area (Å²) in [5.41, 5.74) is 0. The Labute approximate surface area is 99.0 Å². The van der Waals surface area contributed by atoms with E-state index in [0.717, 1.165) is 19.4 Å². The van der Waals surface area contributed by atoms with Crippen LogP contribution < -0.4 is 0 Å². The normalized spacial score (nSPS) is 23.7. The van der Waals surface area contributed by atoms with Gasteiger partial charge < -0.3 is 9.52 Å². The Morgan fingerprint density at radius 2 is 2.29 bits per heavy atom. The zero-order chi connectivity index (χ0) is 12.4. The predicted octanol–water partition coefficient (Wildman–Crippen LogP) is 1.39. The Kier molecular flexibility index (Phi) is 3.44. The van der Waals surface area contributed by atoms with Gasteiger partial charge in [-0.25, -0.2) is 0 Å². The van der Waals surface area contributed by atoms with Gasteiger partial charge in [0.15, 0.2) is 0 Å². The summed E-state index contributed by atoms with van der Waals surface area (Å²) in [4.78, 5) is 12.0. The Morgan fingerprint density at radius 3 is 2.82 bits per heavy atom. The van der Waals surface area contributed by atoms with Crippen molar-refractivity contribution in [2.24, 2.45) is 5.92 Å². The van der Waals surface area contributed by atoms with Gasteiger partial charge in [-0.15, -0.1) is 0 Å². The van der Waals surface area contributed by atoms with Gasteiger partial charge in [0.05, 0.1) is 18.7 Å². The zero-order valence-corrected chi connectivity index (χ0v) is 9.70. The van der Waals surface area contributed by atoms with Crippen LogP contribution >= 0.6 is 0 Å². The highest BCUT2D eigenvalue weighted by Crippen LogP contribution is 2.28. The third-order valence-electron chi connectivity index (χ3n) is 3.03. The Hall–Kier alpha value is -1.40. The maximum atomic E-state index is 10.4. The molecule has 1 aliphatic rings. The summed E-state index contributed by atoms with van der Waals surface area (Å²) in [5.74, 6) is 0.909. The van der Waals surface area contributed by atoms with Crippen molar-refractivity contribution in [3.8, 4) is 0 Å². The minimum atomic E-state index is -0.536. The standard InChI is InChI=1S/C11H16N2O4/c1-12(6-8-4-9(14)5-8)7-10-2-3-11(17-10)13(15)16/h2-3,8-9,14H,4-7H2,1H3. The summed E-state index contributed by atoms with van der Waals surface area (Å²) in [7, 11) is 1.94. The number of nitro groups is 1. The van der Waals surface area contributed by atoms with Crippen LogP contribution in [0.25, 0.3) is 0 Å². The largest absolute Gasteiger partial charge is 0.433 e. The molecule has 94 valence electrons. The molecule has 6 nitrogen and oxygen atoms in total. The van der Waals surface area contributed by atoms with Gasteiger partial charge in [-0.3, -0.25) is 15.0 Å². The Morgan fingerprint density at radius 1 is 1.59 bits per heavy atom. The summed E-state index contributed by atoms with van der Waals surface area (Å²) < 4.78 is 5.08. The SMILES string of the molecule is CN(Cc1ccc([N+](=O)[O-])o1)CC1CC(O)C1. The maximum Gasteiger partial charge on any atom is 0.433 e. The van der Waals surface area contributed by atoms with Crippen LogP contribution in [0.4, 0.5) is 5.88 Å². The number of hydrogen-bond donors (Lipinski definition) is 1. The number of rotatable bonds is 5. The first-order valence-electron chi connectivity index (χ1n) is 5.64. The molecule has 0 bridgehead atoms. The molecule has 17 heavy (non-hydrogen) atoms. The fourth-order valence-electron chi connectivity index (χ4n) is 2.17. The van der Waals surface area contributed by atoms with Crippen molar-refractivity contribution in [3.63, 3.8) is 0 Å². The van der Waals surface area contributed by atoms with Crippen LogP contribution in [0, 0.1) is 16.0 Å². The van der Waals surface area contributed by atoms with Crippen LogP contribution in [0.3, 0.4) is 0 Å². The van der Waals surface area contributed by atoms with Crippen molar-refractivity contribution in [2.75, 3.05) is 13.6 Å². The second kappa shape index (κ2) is 4.85. The second-order valence-corrected chi connectivity index (χ2v) is 4.69. The lowest BCUT2D eigenvalue weighted by Gasteiger charge is -2.34. The molecule has 2 rings (SSSR count). The molecule has 1 fully saturated rings. The molecule has 1 saturated carbocycles. The third kappa shape index (κ3) is 3.04.